The first-order valence-corrected chi connectivity index (χ1v) is 11.7. The zero-order valence-corrected chi connectivity index (χ0v) is 17.1. The van der Waals surface area contributed by atoms with E-state index in [1.165, 1.54) is 11.8 Å². The first kappa shape index (κ1) is 18.5. The summed E-state index contributed by atoms with van der Waals surface area (Å²) in [4.78, 5) is 12.3. The van der Waals surface area contributed by atoms with Crippen LogP contribution in [0.15, 0.2) is 52.6 Å². The molecule has 10 heteroatoms. The molecule has 1 fully saturated rings. The summed E-state index contributed by atoms with van der Waals surface area (Å²) in [7, 11) is -3.48. The molecule has 5 rings (SSSR count). The van der Waals surface area contributed by atoms with Crippen molar-refractivity contribution in [2.24, 2.45) is 0 Å². The SMILES string of the molecule is O=S(=O)(c1ccc2[nH]c3nc(SCc4ccccn4)nnc3c2c1)N1CCCC1. The van der Waals surface area contributed by atoms with Gasteiger partial charge < -0.3 is 4.98 Å². The predicted molar refractivity (Wildman–Crippen MR) is 111 cm³/mol. The smallest absolute Gasteiger partial charge is 0.243 e. The minimum atomic E-state index is -3.48. The number of sulfonamides is 1. The number of pyridine rings is 1. The van der Waals surface area contributed by atoms with Gasteiger partial charge in [-0.3, -0.25) is 4.98 Å². The van der Waals surface area contributed by atoms with E-state index in [-0.39, 0.29) is 4.90 Å². The second-order valence-electron chi connectivity index (χ2n) is 6.84. The van der Waals surface area contributed by atoms with Gasteiger partial charge in [0.25, 0.3) is 0 Å². The molecule has 0 unspecified atom stereocenters. The third-order valence-electron chi connectivity index (χ3n) is 4.94. The van der Waals surface area contributed by atoms with Gasteiger partial charge in [0.15, 0.2) is 5.65 Å². The number of rotatable bonds is 5. The molecular formula is C19H18N6O2S2. The fraction of sp³-hybridized carbons (Fsp3) is 0.263. The van der Waals surface area contributed by atoms with Gasteiger partial charge in [0.05, 0.1) is 10.6 Å². The molecule has 1 aliphatic heterocycles. The van der Waals surface area contributed by atoms with Gasteiger partial charge in [-0.05, 0) is 43.2 Å². The minimum Gasteiger partial charge on any atom is -0.338 e. The summed E-state index contributed by atoms with van der Waals surface area (Å²) in [6.07, 6.45) is 3.56. The molecule has 1 saturated heterocycles. The molecule has 0 spiro atoms. The molecule has 1 aromatic carbocycles. The van der Waals surface area contributed by atoms with Crippen LogP contribution in [0.4, 0.5) is 0 Å². The predicted octanol–water partition coefficient (Wildman–Crippen LogP) is 2.98. The Morgan fingerprint density at radius 2 is 1.97 bits per heavy atom. The Morgan fingerprint density at radius 3 is 2.76 bits per heavy atom. The Bertz CT molecular complexity index is 1280. The van der Waals surface area contributed by atoms with E-state index < -0.39 is 10.0 Å². The lowest BCUT2D eigenvalue weighted by Crippen LogP contribution is -2.27. The van der Waals surface area contributed by atoms with E-state index in [0.717, 1.165) is 24.1 Å². The monoisotopic (exact) mass is 426 g/mol. The van der Waals surface area contributed by atoms with Crippen LogP contribution >= 0.6 is 11.8 Å². The molecular weight excluding hydrogens is 408 g/mol. The maximum atomic E-state index is 12.9. The van der Waals surface area contributed by atoms with E-state index in [4.69, 9.17) is 0 Å². The zero-order chi connectivity index (χ0) is 19.8. The maximum Gasteiger partial charge on any atom is 0.243 e. The summed E-state index contributed by atoms with van der Waals surface area (Å²) in [5.41, 5.74) is 2.89. The summed E-state index contributed by atoms with van der Waals surface area (Å²) < 4.78 is 27.3. The number of nitrogens with one attached hydrogen (secondary N) is 1. The average Bonchev–Trinajstić information content (AvgIpc) is 3.40. The number of fused-ring (bicyclic) bond motifs is 3. The van der Waals surface area contributed by atoms with Crippen LogP contribution in [-0.4, -0.2) is 51.0 Å². The lowest BCUT2D eigenvalue weighted by molar-refractivity contribution is 0.477. The van der Waals surface area contributed by atoms with Crippen molar-refractivity contribution in [2.45, 2.75) is 28.6 Å². The minimum absolute atomic E-state index is 0.281. The van der Waals surface area contributed by atoms with Crippen LogP contribution in [0, 0.1) is 0 Å². The molecule has 29 heavy (non-hydrogen) atoms. The fourth-order valence-electron chi connectivity index (χ4n) is 3.46. The van der Waals surface area contributed by atoms with Crippen LogP contribution in [0.1, 0.15) is 18.5 Å². The van der Waals surface area contributed by atoms with Gasteiger partial charge in [-0.2, -0.15) is 4.31 Å². The molecule has 4 aromatic rings. The van der Waals surface area contributed by atoms with Crippen molar-refractivity contribution < 1.29 is 8.42 Å². The van der Waals surface area contributed by atoms with Gasteiger partial charge in [-0.1, -0.05) is 17.8 Å². The molecule has 0 amide bonds. The van der Waals surface area contributed by atoms with Crippen molar-refractivity contribution in [1.29, 1.82) is 0 Å². The van der Waals surface area contributed by atoms with Crippen LogP contribution < -0.4 is 0 Å². The molecule has 3 aromatic heterocycles. The number of thioether (sulfide) groups is 1. The summed E-state index contributed by atoms with van der Waals surface area (Å²) in [6.45, 7) is 1.15. The molecule has 1 N–H and O–H groups in total. The second kappa shape index (κ2) is 7.36. The fourth-order valence-corrected chi connectivity index (χ4v) is 5.70. The van der Waals surface area contributed by atoms with E-state index in [2.05, 4.69) is 25.1 Å². The van der Waals surface area contributed by atoms with Gasteiger partial charge in [0.2, 0.25) is 15.2 Å². The maximum absolute atomic E-state index is 12.9. The molecule has 0 atom stereocenters. The third-order valence-corrected chi connectivity index (χ3v) is 7.71. The van der Waals surface area contributed by atoms with Gasteiger partial charge >= 0.3 is 0 Å². The Morgan fingerprint density at radius 1 is 1.10 bits per heavy atom. The molecule has 0 aliphatic carbocycles. The van der Waals surface area contributed by atoms with Gasteiger partial charge in [0, 0.05) is 35.9 Å². The number of hydrogen-bond donors (Lipinski definition) is 1. The highest BCUT2D eigenvalue weighted by Gasteiger charge is 2.27. The Labute approximate surface area is 171 Å². The van der Waals surface area contributed by atoms with Gasteiger partial charge in [-0.15, -0.1) is 10.2 Å². The van der Waals surface area contributed by atoms with Crippen LogP contribution in [0.5, 0.6) is 0 Å². The van der Waals surface area contributed by atoms with Crippen LogP contribution in [-0.2, 0) is 15.8 Å². The molecule has 0 bridgehead atoms. The lowest BCUT2D eigenvalue weighted by Gasteiger charge is -2.15. The van der Waals surface area contributed by atoms with Gasteiger partial charge in [0.1, 0.15) is 5.52 Å². The van der Waals surface area contributed by atoms with Crippen LogP contribution in [0.3, 0.4) is 0 Å². The largest absolute Gasteiger partial charge is 0.338 e. The van der Waals surface area contributed by atoms with Crippen molar-refractivity contribution in [1.82, 2.24) is 29.5 Å². The van der Waals surface area contributed by atoms with Crippen molar-refractivity contribution in [3.8, 4) is 0 Å². The first-order chi connectivity index (χ1) is 14.1. The number of H-pyrrole nitrogens is 1. The van der Waals surface area contributed by atoms with Crippen molar-refractivity contribution in [3.63, 3.8) is 0 Å². The standard InChI is InChI=1S/C19H18N6O2S2/c26-29(27,25-9-3-4-10-25)14-6-7-16-15(11-14)17-18(21-16)22-19(24-23-17)28-12-13-5-1-2-8-20-13/h1-2,5-8,11H,3-4,9-10,12H2,(H,21,22,24). The Hall–Kier alpha value is -2.56. The lowest BCUT2D eigenvalue weighted by atomic mass is 10.2. The molecule has 4 heterocycles. The molecule has 148 valence electrons. The molecule has 1 aliphatic rings. The zero-order valence-electron chi connectivity index (χ0n) is 15.4. The van der Waals surface area contributed by atoms with E-state index in [0.29, 0.717) is 40.5 Å². The third kappa shape index (κ3) is 3.47. The van der Waals surface area contributed by atoms with Crippen molar-refractivity contribution >= 4 is 43.9 Å². The van der Waals surface area contributed by atoms with E-state index in [1.54, 1.807) is 28.7 Å². The number of hydrogen-bond acceptors (Lipinski definition) is 7. The summed E-state index contributed by atoms with van der Waals surface area (Å²) in [5, 5.41) is 9.77. The first-order valence-electron chi connectivity index (χ1n) is 9.30. The molecule has 0 saturated carbocycles. The Kier molecular flexibility index (Phi) is 4.69. The summed E-state index contributed by atoms with van der Waals surface area (Å²) in [6, 6.07) is 10.8. The highest BCUT2D eigenvalue weighted by molar-refractivity contribution is 7.98. The van der Waals surface area contributed by atoms with E-state index >= 15 is 0 Å². The normalized spacial score (nSPS) is 15.4. The van der Waals surface area contributed by atoms with Crippen molar-refractivity contribution in [3.05, 3.63) is 48.3 Å². The topological polar surface area (TPSA) is 105 Å². The second-order valence-corrected chi connectivity index (χ2v) is 9.73. The Balaban J connectivity index is 1.47. The van der Waals surface area contributed by atoms with E-state index in [9.17, 15) is 8.42 Å². The number of nitrogens with zero attached hydrogens (tertiary/aromatic N) is 5. The van der Waals surface area contributed by atoms with Crippen LogP contribution in [0.2, 0.25) is 0 Å². The summed E-state index contributed by atoms with van der Waals surface area (Å²) >= 11 is 1.45. The summed E-state index contributed by atoms with van der Waals surface area (Å²) in [5.74, 6) is 0.645. The molecule has 0 radical (unpaired) electrons. The number of aromatic nitrogens is 5. The molecule has 8 nitrogen and oxygen atoms in total. The number of aromatic amines is 1. The van der Waals surface area contributed by atoms with Crippen LogP contribution in [0.25, 0.3) is 22.1 Å². The quantitative estimate of drug-likeness (QED) is 0.489. The highest BCUT2D eigenvalue weighted by atomic mass is 32.2. The average molecular weight is 427 g/mol. The van der Waals surface area contributed by atoms with Gasteiger partial charge in [-0.25, -0.2) is 13.4 Å². The number of benzene rings is 1. The highest BCUT2D eigenvalue weighted by Crippen LogP contribution is 2.29. The van der Waals surface area contributed by atoms with Crippen molar-refractivity contribution in [2.75, 3.05) is 13.1 Å². The van der Waals surface area contributed by atoms with E-state index in [1.807, 2.05) is 18.2 Å².